The average Bonchev–Trinajstić information content (AvgIpc) is 2.25. The second-order valence-corrected chi connectivity index (χ2v) is 4.36. The Hall–Kier alpha value is -1.06. The molecule has 0 aromatic carbocycles. The largest absolute Gasteiger partial charge is 0.465 e. The van der Waals surface area contributed by atoms with Gasteiger partial charge in [0.1, 0.15) is 6.54 Å². The molecule has 0 aliphatic heterocycles. The molecular formula is C12H23NO3. The van der Waals surface area contributed by atoms with Crippen LogP contribution in [0.25, 0.3) is 0 Å². The van der Waals surface area contributed by atoms with Crippen molar-refractivity contribution in [1.29, 1.82) is 0 Å². The quantitative estimate of drug-likeness (QED) is 0.653. The van der Waals surface area contributed by atoms with E-state index in [0.717, 1.165) is 6.42 Å². The van der Waals surface area contributed by atoms with Gasteiger partial charge in [-0.15, -0.1) is 0 Å². The van der Waals surface area contributed by atoms with Crippen LogP contribution in [0.1, 0.15) is 41.0 Å². The summed E-state index contributed by atoms with van der Waals surface area (Å²) in [6.07, 6.45) is 0.755. The molecule has 0 rings (SSSR count). The second kappa shape index (κ2) is 6.51. The highest BCUT2D eigenvalue weighted by Gasteiger charge is 2.30. The van der Waals surface area contributed by atoms with Gasteiger partial charge in [-0.25, -0.2) is 0 Å². The molecule has 0 radical (unpaired) electrons. The summed E-state index contributed by atoms with van der Waals surface area (Å²) < 4.78 is 4.84. The van der Waals surface area contributed by atoms with Crippen LogP contribution in [0.4, 0.5) is 0 Å². The summed E-state index contributed by atoms with van der Waals surface area (Å²) in [7, 11) is 0. The van der Waals surface area contributed by atoms with Crippen LogP contribution in [0.2, 0.25) is 0 Å². The van der Waals surface area contributed by atoms with Crippen molar-refractivity contribution in [3.63, 3.8) is 0 Å². The fourth-order valence-corrected chi connectivity index (χ4v) is 1.27. The SMILES string of the molecule is CCOC(=O)CN(CC)C(=O)C(C)(C)CC. The zero-order valence-corrected chi connectivity index (χ0v) is 11.0. The van der Waals surface area contributed by atoms with E-state index in [0.29, 0.717) is 13.2 Å². The molecule has 0 aliphatic carbocycles. The van der Waals surface area contributed by atoms with E-state index in [1.807, 2.05) is 27.7 Å². The molecule has 94 valence electrons. The first-order valence-electron chi connectivity index (χ1n) is 5.84. The number of carbonyl (C=O) groups is 2. The van der Waals surface area contributed by atoms with Crippen LogP contribution in [0.3, 0.4) is 0 Å². The van der Waals surface area contributed by atoms with E-state index in [9.17, 15) is 9.59 Å². The number of rotatable bonds is 6. The third-order valence-corrected chi connectivity index (χ3v) is 2.76. The van der Waals surface area contributed by atoms with Crippen molar-refractivity contribution in [2.45, 2.75) is 41.0 Å². The van der Waals surface area contributed by atoms with Gasteiger partial charge in [-0.3, -0.25) is 9.59 Å². The Morgan fingerprint density at radius 1 is 1.19 bits per heavy atom. The van der Waals surface area contributed by atoms with Crippen LogP contribution in [0, 0.1) is 5.41 Å². The third kappa shape index (κ3) is 4.21. The highest BCUT2D eigenvalue weighted by atomic mass is 16.5. The Labute approximate surface area is 98.0 Å². The summed E-state index contributed by atoms with van der Waals surface area (Å²) >= 11 is 0. The van der Waals surface area contributed by atoms with Gasteiger partial charge in [0.25, 0.3) is 0 Å². The lowest BCUT2D eigenvalue weighted by atomic mass is 9.88. The van der Waals surface area contributed by atoms with Crippen molar-refractivity contribution in [1.82, 2.24) is 4.90 Å². The van der Waals surface area contributed by atoms with E-state index < -0.39 is 5.41 Å². The standard InChI is InChI=1S/C12H23NO3/c1-6-12(4,5)11(15)13(7-2)9-10(14)16-8-3/h6-9H2,1-5H3. The maximum absolute atomic E-state index is 12.1. The van der Waals surface area contributed by atoms with Crippen LogP contribution >= 0.6 is 0 Å². The molecule has 0 heterocycles. The minimum absolute atomic E-state index is 0.00514. The summed E-state index contributed by atoms with van der Waals surface area (Å²) in [6, 6.07) is 0. The van der Waals surface area contributed by atoms with E-state index in [-0.39, 0.29) is 18.4 Å². The first-order chi connectivity index (χ1) is 7.38. The predicted octanol–water partition coefficient (Wildman–Crippen LogP) is 1.83. The molecule has 0 N–H and O–H groups in total. The maximum atomic E-state index is 12.1. The Morgan fingerprint density at radius 3 is 2.12 bits per heavy atom. The predicted molar refractivity (Wildman–Crippen MR) is 63.0 cm³/mol. The molecule has 0 aromatic heterocycles. The number of nitrogens with zero attached hydrogens (tertiary/aromatic N) is 1. The van der Waals surface area contributed by atoms with Gasteiger partial charge in [0.05, 0.1) is 6.61 Å². The van der Waals surface area contributed by atoms with E-state index in [1.165, 1.54) is 0 Å². The maximum Gasteiger partial charge on any atom is 0.325 e. The Balaban J connectivity index is 4.50. The van der Waals surface area contributed by atoms with Gasteiger partial charge in [0.2, 0.25) is 5.91 Å². The Kier molecular flexibility index (Phi) is 6.08. The molecule has 4 heteroatoms. The average molecular weight is 229 g/mol. The zero-order chi connectivity index (χ0) is 12.8. The summed E-state index contributed by atoms with van der Waals surface area (Å²) in [6.45, 7) is 10.3. The van der Waals surface area contributed by atoms with Crippen molar-refractivity contribution >= 4 is 11.9 Å². The number of amides is 1. The third-order valence-electron chi connectivity index (χ3n) is 2.76. The van der Waals surface area contributed by atoms with Gasteiger partial charge in [-0.2, -0.15) is 0 Å². The number of esters is 1. The van der Waals surface area contributed by atoms with Gasteiger partial charge >= 0.3 is 5.97 Å². The van der Waals surface area contributed by atoms with Crippen molar-refractivity contribution in [2.75, 3.05) is 19.7 Å². The normalized spacial score (nSPS) is 11.1. The molecule has 1 amide bonds. The lowest BCUT2D eigenvalue weighted by Crippen LogP contribution is -2.43. The van der Waals surface area contributed by atoms with E-state index in [4.69, 9.17) is 4.74 Å². The topological polar surface area (TPSA) is 46.6 Å². The molecule has 0 aromatic rings. The first kappa shape index (κ1) is 14.9. The van der Waals surface area contributed by atoms with E-state index in [2.05, 4.69) is 0 Å². The van der Waals surface area contributed by atoms with Crippen LogP contribution in [0.15, 0.2) is 0 Å². The molecule has 0 saturated carbocycles. The Bertz CT molecular complexity index is 249. The van der Waals surface area contributed by atoms with Crippen molar-refractivity contribution < 1.29 is 14.3 Å². The molecule has 0 saturated heterocycles. The monoisotopic (exact) mass is 229 g/mol. The Morgan fingerprint density at radius 2 is 1.75 bits per heavy atom. The van der Waals surface area contributed by atoms with Crippen LogP contribution in [-0.4, -0.2) is 36.5 Å². The minimum atomic E-state index is -0.414. The molecule has 0 spiro atoms. The molecule has 0 aliphatic rings. The number of hydrogen-bond acceptors (Lipinski definition) is 3. The number of ether oxygens (including phenoxy) is 1. The summed E-state index contributed by atoms with van der Waals surface area (Å²) in [5.41, 5.74) is -0.414. The smallest absolute Gasteiger partial charge is 0.325 e. The van der Waals surface area contributed by atoms with Gasteiger partial charge in [-0.05, 0) is 20.3 Å². The summed E-state index contributed by atoms with van der Waals surface area (Å²) in [5.74, 6) is -0.338. The fourth-order valence-electron chi connectivity index (χ4n) is 1.27. The van der Waals surface area contributed by atoms with Gasteiger partial charge in [0.15, 0.2) is 0 Å². The van der Waals surface area contributed by atoms with Gasteiger partial charge in [-0.1, -0.05) is 20.8 Å². The van der Waals surface area contributed by atoms with Crippen molar-refractivity contribution in [3.05, 3.63) is 0 Å². The summed E-state index contributed by atoms with van der Waals surface area (Å²) in [4.78, 5) is 24.9. The number of carbonyl (C=O) groups excluding carboxylic acids is 2. The lowest BCUT2D eigenvalue weighted by molar-refractivity contribution is -0.152. The van der Waals surface area contributed by atoms with Gasteiger partial charge in [0, 0.05) is 12.0 Å². The summed E-state index contributed by atoms with van der Waals surface area (Å²) in [5, 5.41) is 0. The van der Waals surface area contributed by atoms with Crippen LogP contribution < -0.4 is 0 Å². The number of hydrogen-bond donors (Lipinski definition) is 0. The van der Waals surface area contributed by atoms with Crippen molar-refractivity contribution in [3.8, 4) is 0 Å². The van der Waals surface area contributed by atoms with Crippen LogP contribution in [-0.2, 0) is 14.3 Å². The molecule has 0 fully saturated rings. The van der Waals surface area contributed by atoms with Crippen LogP contribution in [0.5, 0.6) is 0 Å². The molecule has 0 atom stereocenters. The fraction of sp³-hybridized carbons (Fsp3) is 0.833. The molecule has 0 unspecified atom stereocenters. The molecular weight excluding hydrogens is 206 g/mol. The lowest BCUT2D eigenvalue weighted by Gasteiger charge is -2.29. The second-order valence-electron chi connectivity index (χ2n) is 4.36. The van der Waals surface area contributed by atoms with E-state index in [1.54, 1.807) is 11.8 Å². The highest BCUT2D eigenvalue weighted by molar-refractivity contribution is 5.85. The minimum Gasteiger partial charge on any atom is -0.465 e. The van der Waals surface area contributed by atoms with E-state index >= 15 is 0 Å². The zero-order valence-electron chi connectivity index (χ0n) is 11.0. The first-order valence-corrected chi connectivity index (χ1v) is 5.84. The highest BCUT2D eigenvalue weighted by Crippen LogP contribution is 2.22. The molecule has 16 heavy (non-hydrogen) atoms. The van der Waals surface area contributed by atoms with Crippen molar-refractivity contribution in [2.24, 2.45) is 5.41 Å². The van der Waals surface area contributed by atoms with Gasteiger partial charge < -0.3 is 9.64 Å². The molecule has 4 nitrogen and oxygen atoms in total. The number of likely N-dealkylation sites (N-methyl/N-ethyl adjacent to an activating group) is 1. The molecule has 0 bridgehead atoms.